The average Bonchev–Trinajstić information content (AvgIpc) is 3.35. The summed E-state index contributed by atoms with van der Waals surface area (Å²) in [6.45, 7) is 3.99. The molecule has 0 radical (unpaired) electrons. The molecule has 3 amide bonds. The van der Waals surface area contributed by atoms with Crippen molar-refractivity contribution in [2.75, 3.05) is 10.6 Å². The van der Waals surface area contributed by atoms with Gasteiger partial charge in [0.2, 0.25) is 5.76 Å². The number of H-pyrrole nitrogens is 1. The predicted molar refractivity (Wildman–Crippen MR) is 113 cm³/mol. The van der Waals surface area contributed by atoms with E-state index in [0.29, 0.717) is 5.76 Å². The van der Waals surface area contributed by atoms with E-state index in [0.717, 1.165) is 29.7 Å². The minimum absolute atomic E-state index is 0.0305. The summed E-state index contributed by atoms with van der Waals surface area (Å²) in [7, 11) is 0. The fraction of sp³-hybridized carbons (Fsp3) is 0.238. The Labute approximate surface area is 177 Å². The Kier molecular flexibility index (Phi) is 6.39. The van der Waals surface area contributed by atoms with Crippen LogP contribution in [0.3, 0.4) is 0 Å². The number of nitrogens with two attached hydrogens (primary N) is 1. The van der Waals surface area contributed by atoms with E-state index in [-0.39, 0.29) is 29.5 Å². The Morgan fingerprint density at radius 3 is 2.32 bits per heavy atom. The van der Waals surface area contributed by atoms with E-state index in [4.69, 9.17) is 15.3 Å². The number of aryl methyl sites for hydroxylation is 2. The molecule has 0 saturated carbocycles. The van der Waals surface area contributed by atoms with Gasteiger partial charge < -0.3 is 25.6 Å². The van der Waals surface area contributed by atoms with Gasteiger partial charge in [-0.1, -0.05) is 32.0 Å². The number of aromatic amines is 1. The van der Waals surface area contributed by atoms with Crippen molar-refractivity contribution in [3.8, 4) is 0 Å². The largest absolute Gasteiger partial charge is 0.475 e. The number of nitrogens with one attached hydrogen (secondary N) is 3. The lowest BCUT2D eigenvalue weighted by Crippen LogP contribution is -2.23. The lowest BCUT2D eigenvalue weighted by Gasteiger charge is -2.14. The number of urea groups is 1. The quantitative estimate of drug-likeness (QED) is 0.372. The monoisotopic (exact) mass is 425 g/mol. The number of imidazole rings is 1. The van der Waals surface area contributed by atoms with E-state index < -0.39 is 17.9 Å². The summed E-state index contributed by atoms with van der Waals surface area (Å²) in [6.07, 6.45) is 1.56. The van der Waals surface area contributed by atoms with Crippen LogP contribution in [0.25, 0.3) is 0 Å². The lowest BCUT2D eigenvalue weighted by molar-refractivity contribution is 0.0660. The Morgan fingerprint density at radius 2 is 1.77 bits per heavy atom. The van der Waals surface area contributed by atoms with Gasteiger partial charge in [-0.15, -0.1) is 0 Å². The number of aromatic carboxylic acids is 1. The highest BCUT2D eigenvalue weighted by Crippen LogP contribution is 2.23. The number of hydrogen-bond donors (Lipinski definition) is 5. The van der Waals surface area contributed by atoms with Crippen LogP contribution in [0.2, 0.25) is 0 Å². The Balaban J connectivity index is 1.80. The van der Waals surface area contributed by atoms with E-state index in [2.05, 4.69) is 20.6 Å². The third-order valence-corrected chi connectivity index (χ3v) is 4.68. The van der Waals surface area contributed by atoms with Gasteiger partial charge in [0.1, 0.15) is 17.3 Å². The molecule has 0 aliphatic heterocycles. The Hall–Kier alpha value is -4.08. The van der Waals surface area contributed by atoms with E-state index in [9.17, 15) is 14.4 Å². The number of para-hydroxylation sites is 1. The first-order valence-electron chi connectivity index (χ1n) is 9.71. The molecule has 10 nitrogen and oxygen atoms in total. The van der Waals surface area contributed by atoms with E-state index >= 15 is 0 Å². The van der Waals surface area contributed by atoms with Gasteiger partial charge in [0.15, 0.2) is 5.82 Å². The van der Waals surface area contributed by atoms with Crippen LogP contribution in [-0.2, 0) is 19.3 Å². The first kappa shape index (κ1) is 21.6. The minimum atomic E-state index is -1.19. The van der Waals surface area contributed by atoms with E-state index in [1.165, 1.54) is 12.1 Å². The molecule has 0 aliphatic carbocycles. The summed E-state index contributed by atoms with van der Waals surface area (Å²) in [6, 6.07) is 8.05. The molecule has 3 aromatic rings. The maximum Gasteiger partial charge on any atom is 0.371 e. The molecule has 0 unspecified atom stereocenters. The molecule has 2 aromatic heterocycles. The number of hydrogen-bond acceptors (Lipinski definition) is 5. The molecule has 0 fully saturated rings. The summed E-state index contributed by atoms with van der Waals surface area (Å²) in [5.41, 5.74) is 8.02. The molecule has 0 atom stereocenters. The SMILES string of the molecule is CCc1cccc(CC)c1NC(=O)Nc1nc(Cc2ccc(C(=O)O)o2)[nH]c1C(N)=O. The molecule has 1 aromatic carbocycles. The van der Waals surface area contributed by atoms with Crippen LogP contribution >= 0.6 is 0 Å². The van der Waals surface area contributed by atoms with Gasteiger partial charge in [-0.05, 0) is 36.1 Å². The van der Waals surface area contributed by atoms with Gasteiger partial charge in [-0.3, -0.25) is 10.1 Å². The Bertz CT molecular complexity index is 1110. The number of carboxylic acid groups (broad SMARTS) is 1. The van der Waals surface area contributed by atoms with E-state index in [1.54, 1.807) is 0 Å². The number of carbonyl (C=O) groups is 3. The highest BCUT2D eigenvalue weighted by Gasteiger charge is 2.19. The summed E-state index contributed by atoms with van der Waals surface area (Å²) in [5, 5.41) is 14.3. The van der Waals surface area contributed by atoms with Crippen LogP contribution < -0.4 is 16.4 Å². The number of nitrogens with zero attached hydrogens (tertiary/aromatic N) is 1. The van der Waals surface area contributed by atoms with Gasteiger partial charge in [0.25, 0.3) is 5.91 Å². The molecule has 162 valence electrons. The lowest BCUT2D eigenvalue weighted by atomic mass is 10.0. The highest BCUT2D eigenvalue weighted by atomic mass is 16.4. The maximum absolute atomic E-state index is 12.6. The fourth-order valence-electron chi connectivity index (χ4n) is 3.18. The summed E-state index contributed by atoms with van der Waals surface area (Å²) in [4.78, 5) is 42.3. The van der Waals surface area contributed by atoms with Crippen molar-refractivity contribution in [3.05, 3.63) is 64.5 Å². The summed E-state index contributed by atoms with van der Waals surface area (Å²) in [5.74, 6) is -1.64. The highest BCUT2D eigenvalue weighted by molar-refractivity contribution is 6.04. The van der Waals surface area contributed by atoms with Crippen LogP contribution in [0.5, 0.6) is 0 Å². The van der Waals surface area contributed by atoms with Crippen molar-refractivity contribution >= 4 is 29.4 Å². The van der Waals surface area contributed by atoms with Crippen molar-refractivity contribution in [1.29, 1.82) is 0 Å². The van der Waals surface area contributed by atoms with Crippen LogP contribution in [0.1, 0.15) is 57.6 Å². The number of aromatic nitrogens is 2. The van der Waals surface area contributed by atoms with Crippen molar-refractivity contribution in [3.63, 3.8) is 0 Å². The van der Waals surface area contributed by atoms with Gasteiger partial charge >= 0.3 is 12.0 Å². The van der Waals surface area contributed by atoms with Crippen molar-refractivity contribution < 1.29 is 23.9 Å². The molecule has 6 N–H and O–H groups in total. The van der Waals surface area contributed by atoms with Crippen LogP contribution in [0.4, 0.5) is 16.3 Å². The van der Waals surface area contributed by atoms with Crippen molar-refractivity contribution in [1.82, 2.24) is 9.97 Å². The Morgan fingerprint density at radius 1 is 1.10 bits per heavy atom. The summed E-state index contributed by atoms with van der Waals surface area (Å²) < 4.78 is 5.19. The van der Waals surface area contributed by atoms with Crippen LogP contribution in [0.15, 0.2) is 34.7 Å². The second-order valence-electron chi connectivity index (χ2n) is 6.76. The van der Waals surface area contributed by atoms with E-state index in [1.807, 2.05) is 32.0 Å². The fourth-order valence-corrected chi connectivity index (χ4v) is 3.18. The number of furan rings is 1. The molecule has 31 heavy (non-hydrogen) atoms. The molecule has 0 spiro atoms. The van der Waals surface area contributed by atoms with Gasteiger partial charge in [0.05, 0.1) is 6.42 Å². The maximum atomic E-state index is 12.6. The van der Waals surface area contributed by atoms with Crippen LogP contribution in [0, 0.1) is 0 Å². The third kappa shape index (κ3) is 4.92. The smallest absolute Gasteiger partial charge is 0.371 e. The third-order valence-electron chi connectivity index (χ3n) is 4.68. The molecule has 3 rings (SSSR count). The zero-order valence-electron chi connectivity index (χ0n) is 17.1. The number of carbonyl (C=O) groups excluding carboxylic acids is 2. The molecule has 2 heterocycles. The van der Waals surface area contributed by atoms with Crippen molar-refractivity contribution in [2.24, 2.45) is 5.73 Å². The van der Waals surface area contributed by atoms with Gasteiger partial charge in [-0.25, -0.2) is 14.6 Å². The number of rotatable bonds is 8. The number of carboxylic acids is 1. The van der Waals surface area contributed by atoms with Gasteiger partial charge in [0, 0.05) is 5.69 Å². The average molecular weight is 425 g/mol. The molecule has 10 heteroatoms. The van der Waals surface area contributed by atoms with Crippen LogP contribution in [-0.4, -0.2) is 33.0 Å². The molecule has 0 bridgehead atoms. The first-order valence-corrected chi connectivity index (χ1v) is 9.71. The minimum Gasteiger partial charge on any atom is -0.475 e. The zero-order chi connectivity index (χ0) is 22.5. The topological polar surface area (TPSA) is 163 Å². The number of primary amides is 1. The number of benzene rings is 1. The molecule has 0 aliphatic rings. The molecular weight excluding hydrogens is 402 g/mol. The van der Waals surface area contributed by atoms with Crippen molar-refractivity contribution in [2.45, 2.75) is 33.1 Å². The molecule has 0 saturated heterocycles. The number of anilines is 2. The zero-order valence-corrected chi connectivity index (χ0v) is 17.1. The molecular formula is C21H23N5O5. The standard InChI is InChI=1S/C21H23N5O5/c1-3-11-6-5-7-12(4-2)16(11)25-21(30)26-19-17(18(22)27)23-15(24-19)10-13-8-9-14(31-13)20(28)29/h5-9H,3-4,10H2,1-2H3,(H2,22,27)(H,23,24)(H,28,29)(H2,25,26,30). The van der Waals surface area contributed by atoms with Gasteiger partial charge in [-0.2, -0.15) is 0 Å². The second-order valence-corrected chi connectivity index (χ2v) is 6.76. The second kappa shape index (κ2) is 9.16. The number of amides is 3. The summed E-state index contributed by atoms with van der Waals surface area (Å²) >= 11 is 0. The normalized spacial score (nSPS) is 10.6. The predicted octanol–water partition coefficient (Wildman–Crippen LogP) is 3.16. The first-order chi connectivity index (χ1) is 14.8.